The number of benzene rings is 1. The van der Waals surface area contributed by atoms with E-state index in [-0.39, 0.29) is 17.8 Å². The van der Waals surface area contributed by atoms with Crippen LogP contribution in [0.2, 0.25) is 0 Å². The lowest BCUT2D eigenvalue weighted by Gasteiger charge is -2.16. The van der Waals surface area contributed by atoms with Crippen molar-refractivity contribution in [2.24, 2.45) is 5.92 Å². The van der Waals surface area contributed by atoms with Crippen molar-refractivity contribution in [3.05, 3.63) is 29.8 Å². The molecule has 1 atom stereocenters. The molecule has 1 aromatic rings. The predicted octanol–water partition coefficient (Wildman–Crippen LogP) is 1.33. The summed E-state index contributed by atoms with van der Waals surface area (Å²) in [5, 5.41) is 0. The van der Waals surface area contributed by atoms with Gasteiger partial charge in [-0.25, -0.2) is 0 Å². The van der Waals surface area contributed by atoms with Crippen LogP contribution in [0.1, 0.15) is 16.8 Å². The monoisotopic (exact) mass is 263 g/mol. The zero-order valence-electron chi connectivity index (χ0n) is 11.1. The number of methoxy groups -OCH3 is 2. The van der Waals surface area contributed by atoms with E-state index in [9.17, 15) is 9.59 Å². The average Bonchev–Trinajstić information content (AvgIpc) is 2.95. The molecule has 5 heteroatoms. The maximum atomic E-state index is 12.3. The third-order valence-corrected chi connectivity index (χ3v) is 3.33. The van der Waals surface area contributed by atoms with E-state index in [4.69, 9.17) is 9.47 Å². The molecule has 0 aliphatic carbocycles. The third kappa shape index (κ3) is 2.86. The fourth-order valence-corrected chi connectivity index (χ4v) is 2.24. The lowest BCUT2D eigenvalue weighted by molar-refractivity contribution is -0.144. The summed E-state index contributed by atoms with van der Waals surface area (Å²) in [6, 6.07) is 7.02. The molecule has 0 spiro atoms. The smallest absolute Gasteiger partial charge is 0.310 e. The summed E-state index contributed by atoms with van der Waals surface area (Å²) in [5.41, 5.74) is 0.574. The van der Waals surface area contributed by atoms with Gasteiger partial charge in [0.2, 0.25) is 0 Å². The molecular formula is C14H17NO4. The summed E-state index contributed by atoms with van der Waals surface area (Å²) < 4.78 is 9.81. The Balaban J connectivity index is 2.06. The van der Waals surface area contributed by atoms with Gasteiger partial charge in [0.15, 0.2) is 0 Å². The molecule has 5 nitrogen and oxygen atoms in total. The molecule has 1 heterocycles. The molecule has 0 radical (unpaired) electrons. The molecule has 0 N–H and O–H groups in total. The van der Waals surface area contributed by atoms with Crippen LogP contribution in [-0.4, -0.2) is 44.1 Å². The number of carbonyl (C=O) groups excluding carboxylic acids is 2. The van der Waals surface area contributed by atoms with E-state index in [0.29, 0.717) is 30.8 Å². The number of ether oxygens (including phenoxy) is 2. The molecule has 1 aliphatic rings. The molecule has 0 saturated carbocycles. The minimum atomic E-state index is -0.249. The Bertz CT molecular complexity index is 486. The standard InChI is InChI=1S/C14H17NO4/c1-18-12-5-3-4-10(8-12)13(16)15-7-6-11(9-15)14(17)19-2/h3-5,8,11H,6-7,9H2,1-2H3. The molecule has 1 aliphatic heterocycles. The minimum absolute atomic E-state index is 0.0784. The second kappa shape index (κ2) is 5.73. The summed E-state index contributed by atoms with van der Waals surface area (Å²) >= 11 is 0. The molecule has 19 heavy (non-hydrogen) atoms. The molecular weight excluding hydrogens is 246 g/mol. The number of amides is 1. The molecule has 0 aromatic heterocycles. The topological polar surface area (TPSA) is 55.8 Å². The number of hydrogen-bond donors (Lipinski definition) is 0. The first kappa shape index (κ1) is 13.4. The fraction of sp³-hybridized carbons (Fsp3) is 0.429. The van der Waals surface area contributed by atoms with Gasteiger partial charge in [0, 0.05) is 18.7 Å². The van der Waals surface area contributed by atoms with E-state index < -0.39 is 0 Å². The highest BCUT2D eigenvalue weighted by atomic mass is 16.5. The van der Waals surface area contributed by atoms with E-state index in [1.807, 2.05) is 0 Å². The first-order valence-electron chi connectivity index (χ1n) is 6.17. The summed E-state index contributed by atoms with van der Waals surface area (Å²) in [6.07, 6.45) is 0.655. The largest absolute Gasteiger partial charge is 0.497 e. The van der Waals surface area contributed by atoms with Gasteiger partial charge in [0.25, 0.3) is 5.91 Å². The van der Waals surface area contributed by atoms with Crippen molar-refractivity contribution in [3.63, 3.8) is 0 Å². The van der Waals surface area contributed by atoms with E-state index in [1.165, 1.54) is 7.11 Å². The molecule has 1 fully saturated rings. The van der Waals surface area contributed by atoms with Crippen molar-refractivity contribution in [2.75, 3.05) is 27.3 Å². The lowest BCUT2D eigenvalue weighted by atomic mass is 10.1. The van der Waals surface area contributed by atoms with Crippen LogP contribution in [0, 0.1) is 5.92 Å². The normalized spacial score (nSPS) is 18.2. The number of nitrogens with zero attached hydrogens (tertiary/aromatic N) is 1. The van der Waals surface area contributed by atoms with Crippen LogP contribution >= 0.6 is 0 Å². The average molecular weight is 263 g/mol. The van der Waals surface area contributed by atoms with Gasteiger partial charge >= 0.3 is 5.97 Å². The Morgan fingerprint density at radius 3 is 2.79 bits per heavy atom. The van der Waals surface area contributed by atoms with Crippen LogP contribution in [0.25, 0.3) is 0 Å². The highest BCUT2D eigenvalue weighted by Crippen LogP contribution is 2.21. The summed E-state index contributed by atoms with van der Waals surface area (Å²) in [7, 11) is 2.93. The SMILES string of the molecule is COC(=O)C1CCN(C(=O)c2cccc(OC)c2)C1. The highest BCUT2D eigenvalue weighted by Gasteiger charge is 2.32. The predicted molar refractivity (Wildman–Crippen MR) is 69.0 cm³/mol. The van der Waals surface area contributed by atoms with Gasteiger partial charge in [-0.15, -0.1) is 0 Å². The first-order chi connectivity index (χ1) is 9.15. The van der Waals surface area contributed by atoms with Gasteiger partial charge in [-0.2, -0.15) is 0 Å². The van der Waals surface area contributed by atoms with Crippen LogP contribution in [0.3, 0.4) is 0 Å². The van der Waals surface area contributed by atoms with Crippen molar-refractivity contribution in [1.82, 2.24) is 4.90 Å². The van der Waals surface area contributed by atoms with Gasteiger partial charge in [-0.3, -0.25) is 9.59 Å². The summed E-state index contributed by atoms with van der Waals surface area (Å²) in [6.45, 7) is 0.999. The van der Waals surface area contributed by atoms with Gasteiger partial charge in [-0.1, -0.05) is 6.07 Å². The number of carbonyl (C=O) groups is 2. The Labute approximate surface area is 112 Å². The first-order valence-corrected chi connectivity index (χ1v) is 6.17. The third-order valence-electron chi connectivity index (χ3n) is 3.33. The molecule has 1 saturated heterocycles. The molecule has 2 rings (SSSR count). The van der Waals surface area contributed by atoms with Crippen LogP contribution in [0.5, 0.6) is 5.75 Å². The summed E-state index contributed by atoms with van der Waals surface area (Å²) in [4.78, 5) is 25.4. The maximum absolute atomic E-state index is 12.3. The Hall–Kier alpha value is -2.04. The van der Waals surface area contributed by atoms with Crippen LogP contribution in [0.4, 0.5) is 0 Å². The number of esters is 1. The summed E-state index contributed by atoms with van der Waals surface area (Å²) in [5.74, 6) is 0.111. The fourth-order valence-electron chi connectivity index (χ4n) is 2.24. The highest BCUT2D eigenvalue weighted by molar-refractivity contribution is 5.95. The van der Waals surface area contributed by atoms with E-state index in [2.05, 4.69) is 0 Å². The van der Waals surface area contributed by atoms with Crippen molar-refractivity contribution in [1.29, 1.82) is 0 Å². The van der Waals surface area contributed by atoms with Crippen molar-refractivity contribution in [2.45, 2.75) is 6.42 Å². The minimum Gasteiger partial charge on any atom is -0.497 e. The lowest BCUT2D eigenvalue weighted by Crippen LogP contribution is -2.30. The van der Waals surface area contributed by atoms with Crippen LogP contribution in [-0.2, 0) is 9.53 Å². The van der Waals surface area contributed by atoms with Gasteiger partial charge < -0.3 is 14.4 Å². The maximum Gasteiger partial charge on any atom is 0.310 e. The second-order valence-electron chi connectivity index (χ2n) is 4.49. The Morgan fingerprint density at radius 2 is 2.11 bits per heavy atom. The van der Waals surface area contributed by atoms with Crippen molar-refractivity contribution < 1.29 is 19.1 Å². The van der Waals surface area contributed by atoms with E-state index in [0.717, 1.165) is 0 Å². The van der Waals surface area contributed by atoms with Crippen LogP contribution in [0.15, 0.2) is 24.3 Å². The quantitative estimate of drug-likeness (QED) is 0.772. The van der Waals surface area contributed by atoms with E-state index in [1.54, 1.807) is 36.3 Å². The Morgan fingerprint density at radius 1 is 1.32 bits per heavy atom. The number of likely N-dealkylation sites (tertiary alicyclic amines) is 1. The number of hydrogen-bond acceptors (Lipinski definition) is 4. The molecule has 1 aromatic carbocycles. The van der Waals surface area contributed by atoms with Crippen LogP contribution < -0.4 is 4.74 Å². The molecule has 102 valence electrons. The number of rotatable bonds is 3. The second-order valence-corrected chi connectivity index (χ2v) is 4.49. The zero-order chi connectivity index (χ0) is 13.8. The van der Waals surface area contributed by atoms with Crippen molar-refractivity contribution in [3.8, 4) is 5.75 Å². The van der Waals surface area contributed by atoms with E-state index >= 15 is 0 Å². The molecule has 0 bridgehead atoms. The molecule has 1 unspecified atom stereocenters. The van der Waals surface area contributed by atoms with Gasteiger partial charge in [0.05, 0.1) is 20.1 Å². The molecule has 1 amide bonds. The van der Waals surface area contributed by atoms with Crippen molar-refractivity contribution >= 4 is 11.9 Å². The van der Waals surface area contributed by atoms with Gasteiger partial charge in [-0.05, 0) is 24.6 Å². The zero-order valence-corrected chi connectivity index (χ0v) is 11.1. The Kier molecular flexibility index (Phi) is 4.04. The van der Waals surface area contributed by atoms with Gasteiger partial charge in [0.1, 0.15) is 5.75 Å².